The Morgan fingerprint density at radius 2 is 1.50 bits per heavy atom. The highest BCUT2D eigenvalue weighted by Gasteiger charge is 2.31. The van der Waals surface area contributed by atoms with E-state index in [2.05, 4.69) is 26.8 Å². The summed E-state index contributed by atoms with van der Waals surface area (Å²) < 4.78 is 13.2. The SMILES string of the molecule is O=C(c1ccc(CN2CCN(c3ccc(F)cc3)C2)cc1)N1CC2CCC(CC2)C1. The summed E-state index contributed by atoms with van der Waals surface area (Å²) in [6.07, 6.45) is 5.16. The number of anilines is 1. The van der Waals surface area contributed by atoms with Crippen LogP contribution in [0.2, 0.25) is 0 Å². The van der Waals surface area contributed by atoms with Crippen molar-refractivity contribution in [1.82, 2.24) is 9.80 Å². The number of carbonyl (C=O) groups is 1. The first kappa shape index (κ1) is 19.6. The van der Waals surface area contributed by atoms with Crippen molar-refractivity contribution in [1.29, 1.82) is 0 Å². The highest BCUT2D eigenvalue weighted by atomic mass is 19.1. The van der Waals surface area contributed by atoms with Gasteiger partial charge in [-0.2, -0.15) is 0 Å². The second-order valence-corrected chi connectivity index (χ2v) is 9.23. The van der Waals surface area contributed by atoms with Crippen molar-refractivity contribution < 1.29 is 9.18 Å². The van der Waals surface area contributed by atoms with E-state index < -0.39 is 0 Å². The van der Waals surface area contributed by atoms with Crippen LogP contribution in [0.15, 0.2) is 48.5 Å². The third-order valence-corrected chi connectivity index (χ3v) is 7.07. The Balaban J connectivity index is 1.18. The standard InChI is InChI=1S/C25H30FN3O/c26-23-9-11-24(12-10-23)28-14-13-27(18-28)15-19-5-7-22(8-6-19)25(30)29-16-20-1-2-21(17-29)4-3-20/h5-12,20-21H,1-4,13-18H2. The maximum Gasteiger partial charge on any atom is 0.253 e. The number of fused-ring (bicyclic) bond motifs is 4. The van der Waals surface area contributed by atoms with Crippen LogP contribution in [0.5, 0.6) is 0 Å². The number of nitrogens with zero attached hydrogens (tertiary/aromatic N) is 3. The summed E-state index contributed by atoms with van der Waals surface area (Å²) >= 11 is 0. The van der Waals surface area contributed by atoms with Crippen molar-refractivity contribution in [3.05, 3.63) is 65.5 Å². The van der Waals surface area contributed by atoms with Gasteiger partial charge in [0.15, 0.2) is 0 Å². The number of rotatable bonds is 4. The van der Waals surface area contributed by atoms with Gasteiger partial charge in [0.05, 0.1) is 6.67 Å². The number of halogens is 1. The van der Waals surface area contributed by atoms with E-state index in [4.69, 9.17) is 0 Å². The number of hydrogen-bond donors (Lipinski definition) is 0. The number of amides is 1. The minimum atomic E-state index is -0.197. The van der Waals surface area contributed by atoms with Crippen molar-refractivity contribution in [2.45, 2.75) is 32.2 Å². The van der Waals surface area contributed by atoms with Gasteiger partial charge in [0, 0.05) is 44.0 Å². The van der Waals surface area contributed by atoms with E-state index in [9.17, 15) is 9.18 Å². The predicted octanol–water partition coefficient (Wildman–Crippen LogP) is 4.37. The zero-order chi connectivity index (χ0) is 20.5. The summed E-state index contributed by atoms with van der Waals surface area (Å²) in [6, 6.07) is 14.9. The van der Waals surface area contributed by atoms with E-state index in [1.165, 1.54) is 43.4 Å². The monoisotopic (exact) mass is 407 g/mol. The first-order chi connectivity index (χ1) is 14.6. The molecule has 2 aromatic carbocycles. The molecule has 0 aromatic heterocycles. The number of benzene rings is 2. The van der Waals surface area contributed by atoms with E-state index in [1.807, 2.05) is 24.3 Å². The van der Waals surface area contributed by atoms with E-state index in [-0.39, 0.29) is 11.7 Å². The Bertz CT molecular complexity index is 860. The third kappa shape index (κ3) is 4.22. The first-order valence-corrected chi connectivity index (χ1v) is 11.2. The van der Waals surface area contributed by atoms with Gasteiger partial charge in [0.1, 0.15) is 5.82 Å². The summed E-state index contributed by atoms with van der Waals surface area (Å²) in [5.41, 5.74) is 3.10. The third-order valence-electron chi connectivity index (χ3n) is 7.07. The van der Waals surface area contributed by atoms with E-state index in [1.54, 1.807) is 0 Å². The minimum absolute atomic E-state index is 0.197. The van der Waals surface area contributed by atoms with Crippen LogP contribution in [-0.2, 0) is 6.54 Å². The summed E-state index contributed by atoms with van der Waals surface area (Å²) in [4.78, 5) is 19.8. The first-order valence-electron chi connectivity index (χ1n) is 11.2. The van der Waals surface area contributed by atoms with E-state index >= 15 is 0 Å². The molecule has 30 heavy (non-hydrogen) atoms. The number of carbonyl (C=O) groups excluding carboxylic acids is 1. The Morgan fingerprint density at radius 3 is 2.13 bits per heavy atom. The maximum atomic E-state index is 13.2. The smallest absolute Gasteiger partial charge is 0.253 e. The molecule has 0 N–H and O–H groups in total. The average Bonchev–Trinajstić information content (AvgIpc) is 3.02. The van der Waals surface area contributed by atoms with Crippen LogP contribution in [0.25, 0.3) is 0 Å². The van der Waals surface area contributed by atoms with Crippen LogP contribution in [0.3, 0.4) is 0 Å². The van der Waals surface area contributed by atoms with Gasteiger partial charge in [-0.15, -0.1) is 0 Å². The maximum absolute atomic E-state index is 13.2. The minimum Gasteiger partial charge on any atom is -0.357 e. The molecule has 3 aliphatic heterocycles. The van der Waals surface area contributed by atoms with Crippen LogP contribution in [0.1, 0.15) is 41.6 Å². The molecule has 0 atom stereocenters. The van der Waals surface area contributed by atoms with Gasteiger partial charge in [-0.3, -0.25) is 9.69 Å². The van der Waals surface area contributed by atoms with Crippen LogP contribution in [0, 0.1) is 17.7 Å². The fourth-order valence-electron chi connectivity index (χ4n) is 5.29. The summed E-state index contributed by atoms with van der Waals surface area (Å²) in [7, 11) is 0. The van der Waals surface area contributed by atoms with Gasteiger partial charge in [-0.1, -0.05) is 12.1 Å². The normalized spacial score (nSPS) is 24.3. The van der Waals surface area contributed by atoms with Crippen LogP contribution in [0.4, 0.5) is 10.1 Å². The van der Waals surface area contributed by atoms with Gasteiger partial charge in [0.25, 0.3) is 5.91 Å². The topological polar surface area (TPSA) is 26.8 Å². The molecule has 0 spiro atoms. The van der Waals surface area contributed by atoms with Crippen LogP contribution >= 0.6 is 0 Å². The summed E-state index contributed by atoms with van der Waals surface area (Å²) in [6.45, 7) is 5.49. The molecular formula is C25H30FN3O. The Hall–Kier alpha value is -2.40. The average molecular weight is 408 g/mol. The second-order valence-electron chi connectivity index (χ2n) is 9.23. The number of hydrogen-bond acceptors (Lipinski definition) is 3. The molecule has 0 unspecified atom stereocenters. The molecule has 2 bridgehead atoms. The molecule has 4 nitrogen and oxygen atoms in total. The van der Waals surface area contributed by atoms with E-state index in [0.29, 0.717) is 11.8 Å². The lowest BCUT2D eigenvalue weighted by Crippen LogP contribution is -2.34. The molecule has 6 rings (SSSR count). The molecule has 1 saturated carbocycles. The molecule has 1 amide bonds. The fraction of sp³-hybridized carbons (Fsp3) is 0.480. The molecule has 3 heterocycles. The van der Waals surface area contributed by atoms with Gasteiger partial charge in [-0.25, -0.2) is 4.39 Å². The van der Waals surface area contributed by atoms with Gasteiger partial charge in [-0.05, 0) is 79.5 Å². The molecule has 158 valence electrons. The van der Waals surface area contributed by atoms with Crippen molar-refractivity contribution in [3.63, 3.8) is 0 Å². The molecule has 2 aromatic rings. The molecule has 3 saturated heterocycles. The van der Waals surface area contributed by atoms with E-state index in [0.717, 1.165) is 50.6 Å². The molecule has 5 heteroatoms. The fourth-order valence-corrected chi connectivity index (χ4v) is 5.29. The summed E-state index contributed by atoms with van der Waals surface area (Å²) in [5.74, 6) is 1.40. The lowest BCUT2D eigenvalue weighted by atomic mass is 9.84. The lowest BCUT2D eigenvalue weighted by Gasteiger charge is -2.23. The molecule has 1 aliphatic carbocycles. The Morgan fingerprint density at radius 1 is 0.867 bits per heavy atom. The quantitative estimate of drug-likeness (QED) is 0.753. The van der Waals surface area contributed by atoms with Crippen molar-refractivity contribution in [2.24, 2.45) is 11.8 Å². The van der Waals surface area contributed by atoms with Gasteiger partial charge < -0.3 is 9.80 Å². The predicted molar refractivity (Wildman–Crippen MR) is 117 cm³/mol. The zero-order valence-electron chi connectivity index (χ0n) is 17.5. The molecular weight excluding hydrogens is 377 g/mol. The highest BCUT2D eigenvalue weighted by Crippen LogP contribution is 2.34. The van der Waals surface area contributed by atoms with Crippen LogP contribution in [-0.4, -0.2) is 48.6 Å². The largest absolute Gasteiger partial charge is 0.357 e. The highest BCUT2D eigenvalue weighted by molar-refractivity contribution is 5.94. The Kier molecular flexibility index (Phi) is 5.47. The van der Waals surface area contributed by atoms with Crippen LogP contribution < -0.4 is 4.90 Å². The van der Waals surface area contributed by atoms with Gasteiger partial charge >= 0.3 is 0 Å². The van der Waals surface area contributed by atoms with Crippen molar-refractivity contribution in [2.75, 3.05) is 37.7 Å². The van der Waals surface area contributed by atoms with Crippen molar-refractivity contribution in [3.8, 4) is 0 Å². The summed E-state index contributed by atoms with van der Waals surface area (Å²) in [5, 5.41) is 0. The zero-order valence-corrected chi connectivity index (χ0v) is 17.5. The van der Waals surface area contributed by atoms with Gasteiger partial charge in [0.2, 0.25) is 0 Å². The Labute approximate surface area is 178 Å². The molecule has 4 fully saturated rings. The molecule has 0 radical (unpaired) electrons. The molecule has 4 aliphatic rings. The lowest BCUT2D eigenvalue weighted by molar-refractivity contribution is 0.0739. The second kappa shape index (κ2) is 8.38. The van der Waals surface area contributed by atoms with Crippen molar-refractivity contribution >= 4 is 11.6 Å².